The van der Waals surface area contributed by atoms with Gasteiger partial charge in [0.05, 0.1) is 0 Å². The van der Waals surface area contributed by atoms with Gasteiger partial charge in [0.2, 0.25) is 0 Å². The molecular weight excluding hydrogens is 285 g/mol. The van der Waals surface area contributed by atoms with Crippen molar-refractivity contribution in [2.75, 3.05) is 18.0 Å². The number of aromatic nitrogens is 1. The Bertz CT molecular complexity index is 577. The van der Waals surface area contributed by atoms with Gasteiger partial charge in [-0.2, -0.15) is 0 Å². The fourth-order valence-corrected chi connectivity index (χ4v) is 3.13. The standard InChI is InChI=1S/C16H20FN3S/c1-2-19-13(9-12-7-8-20-16(18)10-12)11-21-15-6-4-3-5-14(15)17/h3-8,10,13,19H,2,9,11H2,1H3,(H2,18,20). The molecule has 0 aliphatic rings. The first-order valence-electron chi connectivity index (χ1n) is 7.00. The first kappa shape index (κ1) is 15.8. The zero-order chi connectivity index (χ0) is 15.1. The minimum atomic E-state index is -0.161. The molecule has 3 nitrogen and oxygen atoms in total. The number of thioether (sulfide) groups is 1. The largest absolute Gasteiger partial charge is 0.384 e. The summed E-state index contributed by atoms with van der Waals surface area (Å²) in [6.45, 7) is 2.95. The molecule has 0 aliphatic heterocycles. The maximum Gasteiger partial charge on any atom is 0.136 e. The van der Waals surface area contributed by atoms with Crippen LogP contribution < -0.4 is 11.1 Å². The van der Waals surface area contributed by atoms with Gasteiger partial charge in [0.25, 0.3) is 0 Å². The summed E-state index contributed by atoms with van der Waals surface area (Å²) in [6, 6.07) is 11.0. The van der Waals surface area contributed by atoms with Crippen LogP contribution in [0.1, 0.15) is 12.5 Å². The summed E-state index contributed by atoms with van der Waals surface area (Å²) in [7, 11) is 0. The predicted molar refractivity (Wildman–Crippen MR) is 86.9 cm³/mol. The second-order valence-corrected chi connectivity index (χ2v) is 5.85. The summed E-state index contributed by atoms with van der Waals surface area (Å²) < 4.78 is 13.6. The molecule has 21 heavy (non-hydrogen) atoms. The van der Waals surface area contributed by atoms with Gasteiger partial charge in [0.1, 0.15) is 11.6 Å². The normalized spacial score (nSPS) is 12.3. The van der Waals surface area contributed by atoms with Crippen molar-refractivity contribution in [2.24, 2.45) is 0 Å². The third kappa shape index (κ3) is 5.02. The predicted octanol–water partition coefficient (Wildman–Crippen LogP) is 3.12. The van der Waals surface area contributed by atoms with Crippen molar-refractivity contribution in [1.82, 2.24) is 10.3 Å². The van der Waals surface area contributed by atoms with E-state index in [2.05, 4.69) is 17.2 Å². The molecular formula is C16H20FN3S. The molecule has 2 aromatic rings. The SMILES string of the molecule is CCNC(CSc1ccccc1F)Cc1ccnc(N)c1. The second-order valence-electron chi connectivity index (χ2n) is 4.79. The van der Waals surface area contributed by atoms with Gasteiger partial charge < -0.3 is 11.1 Å². The van der Waals surface area contributed by atoms with Crippen molar-refractivity contribution in [1.29, 1.82) is 0 Å². The van der Waals surface area contributed by atoms with E-state index in [9.17, 15) is 4.39 Å². The fourth-order valence-electron chi connectivity index (χ4n) is 2.14. The third-order valence-electron chi connectivity index (χ3n) is 3.10. The monoisotopic (exact) mass is 305 g/mol. The van der Waals surface area contributed by atoms with Crippen LogP contribution in [0.5, 0.6) is 0 Å². The highest BCUT2D eigenvalue weighted by Gasteiger charge is 2.11. The minimum absolute atomic E-state index is 0.161. The smallest absolute Gasteiger partial charge is 0.136 e. The van der Waals surface area contributed by atoms with Gasteiger partial charge in [0, 0.05) is 22.9 Å². The van der Waals surface area contributed by atoms with Crippen LogP contribution in [0.25, 0.3) is 0 Å². The molecule has 0 fully saturated rings. The lowest BCUT2D eigenvalue weighted by atomic mass is 10.1. The first-order valence-corrected chi connectivity index (χ1v) is 7.98. The third-order valence-corrected chi connectivity index (χ3v) is 4.31. The minimum Gasteiger partial charge on any atom is -0.384 e. The van der Waals surface area contributed by atoms with Crippen LogP contribution in [0.2, 0.25) is 0 Å². The van der Waals surface area contributed by atoms with Gasteiger partial charge in [-0.3, -0.25) is 0 Å². The van der Waals surface area contributed by atoms with Gasteiger partial charge in [-0.25, -0.2) is 9.37 Å². The van der Waals surface area contributed by atoms with Crippen LogP contribution in [0.3, 0.4) is 0 Å². The number of nitrogens with one attached hydrogen (secondary N) is 1. The summed E-state index contributed by atoms with van der Waals surface area (Å²) in [5.41, 5.74) is 6.85. The molecule has 0 aliphatic carbocycles. The number of hydrogen-bond donors (Lipinski definition) is 2. The van der Waals surface area contributed by atoms with Crippen molar-refractivity contribution in [2.45, 2.75) is 24.3 Å². The van der Waals surface area contributed by atoms with Crippen LogP contribution in [-0.4, -0.2) is 23.3 Å². The number of nitrogens with two attached hydrogens (primary N) is 1. The van der Waals surface area contributed by atoms with Crippen LogP contribution >= 0.6 is 11.8 Å². The zero-order valence-electron chi connectivity index (χ0n) is 12.1. The van der Waals surface area contributed by atoms with Crippen LogP contribution in [0, 0.1) is 5.82 Å². The zero-order valence-corrected chi connectivity index (χ0v) is 12.9. The molecule has 112 valence electrons. The van der Waals surface area contributed by atoms with Crippen LogP contribution in [-0.2, 0) is 6.42 Å². The Morgan fingerprint density at radius 2 is 2.14 bits per heavy atom. The summed E-state index contributed by atoms with van der Waals surface area (Å²) in [5, 5.41) is 3.44. The molecule has 2 rings (SSSR count). The second kappa shape index (κ2) is 8.00. The van der Waals surface area contributed by atoms with E-state index < -0.39 is 0 Å². The van der Waals surface area contributed by atoms with E-state index in [0.717, 1.165) is 24.3 Å². The number of rotatable bonds is 7. The summed E-state index contributed by atoms with van der Waals surface area (Å²) in [6.07, 6.45) is 2.57. The Morgan fingerprint density at radius 1 is 1.33 bits per heavy atom. The lowest BCUT2D eigenvalue weighted by Crippen LogP contribution is -2.33. The number of hydrogen-bond acceptors (Lipinski definition) is 4. The summed E-state index contributed by atoms with van der Waals surface area (Å²) >= 11 is 1.53. The Hall–Kier alpha value is -1.59. The molecule has 0 bridgehead atoms. The Balaban J connectivity index is 1.97. The van der Waals surface area contributed by atoms with E-state index in [1.165, 1.54) is 17.8 Å². The maximum absolute atomic E-state index is 13.6. The number of halogens is 1. The summed E-state index contributed by atoms with van der Waals surface area (Å²) in [5.74, 6) is 1.17. The highest BCUT2D eigenvalue weighted by Crippen LogP contribution is 2.22. The number of likely N-dealkylation sites (N-methyl/N-ethyl adjacent to an activating group) is 1. The molecule has 0 radical (unpaired) electrons. The highest BCUT2D eigenvalue weighted by atomic mass is 32.2. The molecule has 1 unspecified atom stereocenters. The number of nitrogens with zero attached hydrogens (tertiary/aromatic N) is 1. The van der Waals surface area contributed by atoms with E-state index in [1.807, 2.05) is 24.3 Å². The topological polar surface area (TPSA) is 50.9 Å². The van der Waals surface area contributed by atoms with Crippen molar-refractivity contribution in [3.8, 4) is 0 Å². The molecule has 0 spiro atoms. The molecule has 1 atom stereocenters. The van der Waals surface area contributed by atoms with Crippen LogP contribution in [0.4, 0.5) is 10.2 Å². The van der Waals surface area contributed by atoms with Gasteiger partial charge in [-0.05, 0) is 42.8 Å². The quantitative estimate of drug-likeness (QED) is 0.772. The van der Waals surface area contributed by atoms with Gasteiger partial charge in [-0.1, -0.05) is 19.1 Å². The van der Waals surface area contributed by atoms with Crippen molar-refractivity contribution in [3.05, 3.63) is 54.0 Å². The average Bonchev–Trinajstić information content (AvgIpc) is 2.46. The number of anilines is 1. The van der Waals surface area contributed by atoms with Crippen molar-refractivity contribution >= 4 is 17.6 Å². The molecule has 3 N–H and O–H groups in total. The molecule has 0 saturated heterocycles. The number of nitrogen functional groups attached to an aromatic ring is 1. The van der Waals surface area contributed by atoms with E-state index >= 15 is 0 Å². The van der Waals surface area contributed by atoms with E-state index in [4.69, 9.17) is 5.73 Å². The van der Waals surface area contributed by atoms with Gasteiger partial charge in [0.15, 0.2) is 0 Å². The highest BCUT2D eigenvalue weighted by molar-refractivity contribution is 7.99. The van der Waals surface area contributed by atoms with E-state index in [1.54, 1.807) is 12.3 Å². The molecule has 1 heterocycles. The first-order chi connectivity index (χ1) is 10.2. The lowest BCUT2D eigenvalue weighted by molar-refractivity contribution is 0.570. The van der Waals surface area contributed by atoms with Gasteiger partial charge >= 0.3 is 0 Å². The van der Waals surface area contributed by atoms with Crippen molar-refractivity contribution in [3.63, 3.8) is 0 Å². The van der Waals surface area contributed by atoms with Crippen molar-refractivity contribution < 1.29 is 4.39 Å². The molecule has 0 amide bonds. The molecule has 0 saturated carbocycles. The summed E-state index contributed by atoms with van der Waals surface area (Å²) in [4.78, 5) is 4.69. The molecule has 1 aromatic heterocycles. The Labute approximate surface area is 129 Å². The maximum atomic E-state index is 13.6. The number of pyridine rings is 1. The lowest BCUT2D eigenvalue weighted by Gasteiger charge is -2.18. The molecule has 5 heteroatoms. The van der Waals surface area contributed by atoms with E-state index in [-0.39, 0.29) is 11.9 Å². The van der Waals surface area contributed by atoms with Crippen LogP contribution in [0.15, 0.2) is 47.5 Å². The Morgan fingerprint density at radius 3 is 2.86 bits per heavy atom. The average molecular weight is 305 g/mol. The fraction of sp³-hybridized carbons (Fsp3) is 0.312. The molecule has 1 aromatic carbocycles. The number of benzene rings is 1. The van der Waals surface area contributed by atoms with E-state index in [0.29, 0.717) is 10.7 Å². The van der Waals surface area contributed by atoms with Gasteiger partial charge in [-0.15, -0.1) is 11.8 Å². The Kier molecular flexibility index (Phi) is 6.02.